The highest BCUT2D eigenvalue weighted by Crippen LogP contribution is 2.26. The molecule has 0 radical (unpaired) electrons. The normalized spacial score (nSPS) is 27.4. The van der Waals surface area contributed by atoms with E-state index in [9.17, 15) is 4.79 Å². The number of hydrogen-bond donors (Lipinski definition) is 2. The molecule has 0 heterocycles. The van der Waals surface area contributed by atoms with Crippen LogP contribution in [-0.2, 0) is 4.79 Å². The van der Waals surface area contributed by atoms with Crippen LogP contribution in [0.15, 0.2) is 0 Å². The quantitative estimate of drug-likeness (QED) is 0.776. The predicted molar refractivity (Wildman–Crippen MR) is 70.6 cm³/mol. The first-order chi connectivity index (χ1) is 7.67. The lowest BCUT2D eigenvalue weighted by atomic mass is 9.94. The summed E-state index contributed by atoms with van der Waals surface area (Å²) in [5, 5.41) is 3.86. The van der Waals surface area contributed by atoms with Gasteiger partial charge in [-0.3, -0.25) is 4.79 Å². The lowest BCUT2D eigenvalue weighted by molar-refractivity contribution is -0.123. The summed E-state index contributed by atoms with van der Waals surface area (Å²) in [6, 6.07) is 0.0436. The SMILES string of the molecule is CCC[C@@H](N)C(=O)NC1CCC(SC)CC1. The fraction of sp³-hybridized carbons (Fsp3) is 0.917. The molecule has 3 nitrogen and oxygen atoms in total. The van der Waals surface area contributed by atoms with Gasteiger partial charge in [-0.05, 0) is 38.4 Å². The van der Waals surface area contributed by atoms with E-state index < -0.39 is 0 Å². The molecule has 4 heteroatoms. The highest BCUT2D eigenvalue weighted by molar-refractivity contribution is 7.99. The monoisotopic (exact) mass is 244 g/mol. The molecule has 94 valence electrons. The molecule has 0 unspecified atom stereocenters. The number of rotatable bonds is 5. The third-order valence-corrected chi connectivity index (χ3v) is 4.43. The fourth-order valence-electron chi connectivity index (χ4n) is 2.19. The predicted octanol–water partition coefficient (Wildman–Crippen LogP) is 1.90. The molecule has 0 saturated heterocycles. The third-order valence-electron chi connectivity index (χ3n) is 3.29. The average Bonchev–Trinajstić information content (AvgIpc) is 2.30. The highest BCUT2D eigenvalue weighted by atomic mass is 32.2. The molecule has 0 spiro atoms. The minimum Gasteiger partial charge on any atom is -0.352 e. The average molecular weight is 244 g/mol. The summed E-state index contributed by atoms with van der Waals surface area (Å²) in [7, 11) is 0. The van der Waals surface area contributed by atoms with Crippen molar-refractivity contribution in [3.05, 3.63) is 0 Å². The lowest BCUT2D eigenvalue weighted by Gasteiger charge is -2.28. The second-order valence-electron chi connectivity index (χ2n) is 4.61. The van der Waals surface area contributed by atoms with E-state index in [4.69, 9.17) is 5.73 Å². The molecule has 0 bridgehead atoms. The Morgan fingerprint density at radius 1 is 1.44 bits per heavy atom. The van der Waals surface area contributed by atoms with Crippen LogP contribution in [0, 0.1) is 0 Å². The second kappa shape index (κ2) is 7.17. The van der Waals surface area contributed by atoms with Gasteiger partial charge < -0.3 is 11.1 Å². The first kappa shape index (κ1) is 13.8. The number of hydrogen-bond acceptors (Lipinski definition) is 3. The van der Waals surface area contributed by atoms with Crippen LogP contribution in [0.4, 0.5) is 0 Å². The Hall–Kier alpha value is -0.220. The van der Waals surface area contributed by atoms with Crippen LogP contribution in [0.2, 0.25) is 0 Å². The van der Waals surface area contributed by atoms with Crippen LogP contribution in [-0.4, -0.2) is 29.5 Å². The third kappa shape index (κ3) is 4.34. The maximum Gasteiger partial charge on any atom is 0.237 e. The van der Waals surface area contributed by atoms with Crippen LogP contribution < -0.4 is 11.1 Å². The maximum absolute atomic E-state index is 11.7. The molecule has 0 aromatic heterocycles. The van der Waals surface area contributed by atoms with Gasteiger partial charge in [0.05, 0.1) is 6.04 Å². The zero-order valence-electron chi connectivity index (χ0n) is 10.4. The summed E-state index contributed by atoms with van der Waals surface area (Å²) in [5.74, 6) is 0.0365. The van der Waals surface area contributed by atoms with Gasteiger partial charge in [-0.2, -0.15) is 11.8 Å². The molecule has 1 aliphatic carbocycles. The Bertz CT molecular complexity index is 215. The van der Waals surface area contributed by atoms with Crippen LogP contribution in [0.1, 0.15) is 45.4 Å². The van der Waals surface area contributed by atoms with Crippen LogP contribution >= 0.6 is 11.8 Å². The van der Waals surface area contributed by atoms with Gasteiger partial charge in [-0.1, -0.05) is 13.3 Å². The number of nitrogens with one attached hydrogen (secondary N) is 1. The molecule has 0 aromatic carbocycles. The van der Waals surface area contributed by atoms with Crippen molar-refractivity contribution in [3.63, 3.8) is 0 Å². The standard InChI is InChI=1S/C12H24N2OS/c1-3-4-11(13)12(15)14-9-5-7-10(16-2)8-6-9/h9-11H,3-8,13H2,1-2H3,(H,14,15)/t9?,10?,11-/m1/s1. The highest BCUT2D eigenvalue weighted by Gasteiger charge is 2.23. The Morgan fingerprint density at radius 2 is 2.06 bits per heavy atom. The molecule has 3 N–H and O–H groups in total. The summed E-state index contributed by atoms with van der Waals surface area (Å²) < 4.78 is 0. The number of amides is 1. The number of thioether (sulfide) groups is 1. The summed E-state index contributed by atoms with van der Waals surface area (Å²) in [5.41, 5.74) is 5.78. The largest absolute Gasteiger partial charge is 0.352 e. The molecule has 0 aliphatic heterocycles. The van der Waals surface area contributed by atoms with E-state index in [1.54, 1.807) is 0 Å². The van der Waals surface area contributed by atoms with E-state index in [2.05, 4.69) is 18.5 Å². The number of nitrogens with two attached hydrogens (primary N) is 1. The molecule has 1 rings (SSSR count). The number of carbonyl (C=O) groups is 1. The molecular formula is C12H24N2OS. The molecule has 1 aliphatic rings. The van der Waals surface area contributed by atoms with Crippen molar-refractivity contribution in [2.24, 2.45) is 5.73 Å². The zero-order valence-corrected chi connectivity index (χ0v) is 11.2. The van der Waals surface area contributed by atoms with E-state index in [-0.39, 0.29) is 11.9 Å². The molecule has 1 fully saturated rings. The minimum absolute atomic E-state index is 0.0365. The summed E-state index contributed by atoms with van der Waals surface area (Å²) in [4.78, 5) is 11.7. The Balaban J connectivity index is 2.25. The van der Waals surface area contributed by atoms with Crippen molar-refractivity contribution in [3.8, 4) is 0 Å². The summed E-state index contributed by atoms with van der Waals surface area (Å²) in [6.45, 7) is 2.05. The zero-order chi connectivity index (χ0) is 12.0. The van der Waals surface area contributed by atoms with Gasteiger partial charge in [0, 0.05) is 11.3 Å². The first-order valence-electron chi connectivity index (χ1n) is 6.26. The first-order valence-corrected chi connectivity index (χ1v) is 7.55. The fourth-order valence-corrected chi connectivity index (χ4v) is 2.94. The lowest BCUT2D eigenvalue weighted by Crippen LogP contribution is -2.46. The van der Waals surface area contributed by atoms with Gasteiger partial charge in [0.2, 0.25) is 5.91 Å². The van der Waals surface area contributed by atoms with E-state index in [1.807, 2.05) is 11.8 Å². The summed E-state index contributed by atoms with van der Waals surface area (Å²) >= 11 is 1.94. The van der Waals surface area contributed by atoms with Gasteiger partial charge in [0.1, 0.15) is 0 Å². The Kier molecular flexibility index (Phi) is 6.21. The van der Waals surface area contributed by atoms with Gasteiger partial charge in [-0.25, -0.2) is 0 Å². The van der Waals surface area contributed by atoms with Crippen molar-refractivity contribution < 1.29 is 4.79 Å². The van der Waals surface area contributed by atoms with Crippen LogP contribution in [0.5, 0.6) is 0 Å². The Labute approximate surface area is 103 Å². The summed E-state index contributed by atoms with van der Waals surface area (Å²) in [6.07, 6.45) is 8.57. The van der Waals surface area contributed by atoms with Crippen molar-refractivity contribution in [1.82, 2.24) is 5.32 Å². The van der Waals surface area contributed by atoms with Crippen molar-refractivity contribution >= 4 is 17.7 Å². The maximum atomic E-state index is 11.7. The Morgan fingerprint density at radius 3 is 2.56 bits per heavy atom. The smallest absolute Gasteiger partial charge is 0.237 e. The van der Waals surface area contributed by atoms with Crippen molar-refractivity contribution in [1.29, 1.82) is 0 Å². The van der Waals surface area contributed by atoms with E-state index >= 15 is 0 Å². The minimum atomic E-state index is -0.316. The molecule has 1 amide bonds. The van der Waals surface area contributed by atoms with E-state index in [0.29, 0.717) is 6.04 Å². The van der Waals surface area contributed by atoms with Crippen molar-refractivity contribution in [2.45, 2.75) is 62.8 Å². The second-order valence-corrected chi connectivity index (χ2v) is 5.75. The van der Waals surface area contributed by atoms with E-state index in [0.717, 1.165) is 30.9 Å². The topological polar surface area (TPSA) is 55.1 Å². The molecule has 0 aromatic rings. The van der Waals surface area contributed by atoms with Gasteiger partial charge in [0.25, 0.3) is 0 Å². The number of carbonyl (C=O) groups excluding carboxylic acids is 1. The van der Waals surface area contributed by atoms with Crippen LogP contribution in [0.25, 0.3) is 0 Å². The molecular weight excluding hydrogens is 220 g/mol. The van der Waals surface area contributed by atoms with Gasteiger partial charge in [-0.15, -0.1) is 0 Å². The van der Waals surface area contributed by atoms with E-state index in [1.165, 1.54) is 12.8 Å². The van der Waals surface area contributed by atoms with Gasteiger partial charge in [0.15, 0.2) is 0 Å². The molecule has 1 saturated carbocycles. The molecule has 1 atom stereocenters. The molecule has 16 heavy (non-hydrogen) atoms. The van der Waals surface area contributed by atoms with Gasteiger partial charge >= 0.3 is 0 Å². The van der Waals surface area contributed by atoms with Crippen molar-refractivity contribution in [2.75, 3.05) is 6.26 Å². The van der Waals surface area contributed by atoms with Crippen LogP contribution in [0.3, 0.4) is 0 Å².